The summed E-state index contributed by atoms with van der Waals surface area (Å²) in [6.07, 6.45) is -1.10. The minimum Gasteiger partial charge on any atom is -0.385 e. The highest BCUT2D eigenvalue weighted by molar-refractivity contribution is 14.1. The van der Waals surface area contributed by atoms with Gasteiger partial charge in [-0.05, 0) is 35.1 Å². The fraction of sp³-hybridized carbons (Fsp3) is 0.455. The van der Waals surface area contributed by atoms with Crippen LogP contribution in [0.5, 0.6) is 0 Å². The fourth-order valence-corrected chi connectivity index (χ4v) is 4.41. The number of halogens is 2. The maximum Gasteiger partial charge on any atom is 0.207 e. The number of aliphatic hydroxyl groups excluding tert-OH is 1. The number of aliphatic hydroxyl groups is 1. The number of hydrogen-bond acceptors (Lipinski definition) is 3. The Labute approximate surface area is 124 Å². The molecular formula is C11H14BrIO3S. The fourth-order valence-electron chi connectivity index (χ4n) is 1.31. The van der Waals surface area contributed by atoms with Gasteiger partial charge in [0.15, 0.2) is 9.84 Å². The molecule has 1 N–H and O–H groups in total. The van der Waals surface area contributed by atoms with Crippen LogP contribution < -0.4 is 0 Å². The highest BCUT2D eigenvalue weighted by Crippen LogP contribution is 2.45. The van der Waals surface area contributed by atoms with Crippen molar-refractivity contribution < 1.29 is 13.5 Å². The number of sulfone groups is 1. The molecule has 0 aliphatic rings. The number of aryl methyl sites for hydroxylation is 1. The molecule has 1 aromatic carbocycles. The Balaban J connectivity index is 3.12. The Morgan fingerprint density at radius 1 is 1.41 bits per heavy atom. The van der Waals surface area contributed by atoms with Crippen molar-refractivity contribution >= 4 is 48.4 Å². The van der Waals surface area contributed by atoms with Crippen molar-refractivity contribution in [2.75, 3.05) is 5.75 Å². The number of alkyl halides is 2. The summed E-state index contributed by atoms with van der Waals surface area (Å²) >= 11 is 4.87. The van der Waals surface area contributed by atoms with Crippen LogP contribution in [0.15, 0.2) is 24.3 Å². The molecule has 0 aliphatic carbocycles. The van der Waals surface area contributed by atoms with Crippen LogP contribution >= 0.6 is 38.5 Å². The molecule has 0 heterocycles. The largest absolute Gasteiger partial charge is 0.385 e. The van der Waals surface area contributed by atoms with Gasteiger partial charge in [-0.25, -0.2) is 8.42 Å². The standard InChI is InChI=1S/C11H14BrIO3S/c1-3-17(15,16)11(12,13)10(14)9-6-4-8(2)5-7-9/h4-7,10,14H,3H2,1-2H3. The quantitative estimate of drug-likeness (QED) is 0.587. The van der Waals surface area contributed by atoms with Gasteiger partial charge in [-0.1, -0.05) is 52.7 Å². The normalized spacial score (nSPS) is 17.5. The predicted molar refractivity (Wildman–Crippen MR) is 81.3 cm³/mol. The van der Waals surface area contributed by atoms with Crippen molar-refractivity contribution in [3.63, 3.8) is 0 Å². The third kappa shape index (κ3) is 3.21. The number of benzene rings is 1. The molecule has 0 bridgehead atoms. The highest BCUT2D eigenvalue weighted by Gasteiger charge is 2.44. The van der Waals surface area contributed by atoms with Gasteiger partial charge in [-0.2, -0.15) is 0 Å². The highest BCUT2D eigenvalue weighted by atomic mass is 127. The summed E-state index contributed by atoms with van der Waals surface area (Å²) in [6, 6.07) is 7.16. The molecule has 2 unspecified atom stereocenters. The van der Waals surface area contributed by atoms with Crippen LogP contribution in [0.3, 0.4) is 0 Å². The summed E-state index contributed by atoms with van der Waals surface area (Å²) in [5.74, 6) is -0.0237. The summed E-state index contributed by atoms with van der Waals surface area (Å²) < 4.78 is 22.4. The third-order valence-corrected chi connectivity index (χ3v) is 8.84. The second-order valence-corrected chi connectivity index (χ2v) is 11.9. The monoisotopic (exact) mass is 432 g/mol. The molecule has 17 heavy (non-hydrogen) atoms. The van der Waals surface area contributed by atoms with E-state index in [1.54, 1.807) is 41.6 Å². The van der Waals surface area contributed by atoms with Crippen LogP contribution in [-0.2, 0) is 9.84 Å². The average Bonchev–Trinajstić information content (AvgIpc) is 2.28. The van der Waals surface area contributed by atoms with Gasteiger partial charge in [0.05, 0.1) is 0 Å². The van der Waals surface area contributed by atoms with Crippen molar-refractivity contribution in [2.45, 2.75) is 21.6 Å². The lowest BCUT2D eigenvalue weighted by molar-refractivity contribution is 0.191. The Morgan fingerprint density at radius 3 is 2.29 bits per heavy atom. The minimum absolute atomic E-state index is 0.0237. The Kier molecular flexibility index (Phi) is 5.02. The summed E-state index contributed by atoms with van der Waals surface area (Å²) in [6.45, 7) is 3.50. The van der Waals surface area contributed by atoms with Crippen molar-refractivity contribution in [2.24, 2.45) is 0 Å². The van der Waals surface area contributed by atoms with E-state index in [1.807, 2.05) is 19.1 Å². The first kappa shape index (κ1) is 15.4. The van der Waals surface area contributed by atoms with Crippen LogP contribution in [0, 0.1) is 6.92 Å². The van der Waals surface area contributed by atoms with Gasteiger partial charge in [0, 0.05) is 5.75 Å². The van der Waals surface area contributed by atoms with Crippen molar-refractivity contribution in [3.8, 4) is 0 Å². The van der Waals surface area contributed by atoms with Crippen LogP contribution in [0.25, 0.3) is 0 Å². The lowest BCUT2D eigenvalue weighted by atomic mass is 10.1. The first-order chi connectivity index (χ1) is 7.72. The van der Waals surface area contributed by atoms with Crippen molar-refractivity contribution in [1.29, 1.82) is 0 Å². The van der Waals surface area contributed by atoms with E-state index in [2.05, 4.69) is 15.9 Å². The molecule has 0 saturated heterocycles. The summed E-state index contributed by atoms with van der Waals surface area (Å²) in [5, 5.41) is 10.2. The van der Waals surface area contributed by atoms with Gasteiger partial charge < -0.3 is 5.11 Å². The third-order valence-electron chi connectivity index (χ3n) is 2.51. The van der Waals surface area contributed by atoms with E-state index in [1.165, 1.54) is 0 Å². The Morgan fingerprint density at radius 2 is 1.88 bits per heavy atom. The van der Waals surface area contributed by atoms with E-state index >= 15 is 0 Å². The second-order valence-electron chi connectivity index (χ2n) is 3.78. The molecule has 1 rings (SSSR count). The van der Waals surface area contributed by atoms with Gasteiger partial charge in [0.1, 0.15) is 6.10 Å². The molecule has 1 aromatic rings. The van der Waals surface area contributed by atoms with Crippen LogP contribution in [0.1, 0.15) is 24.2 Å². The van der Waals surface area contributed by atoms with E-state index in [-0.39, 0.29) is 5.75 Å². The van der Waals surface area contributed by atoms with E-state index < -0.39 is 17.6 Å². The molecule has 0 fully saturated rings. The van der Waals surface area contributed by atoms with Crippen molar-refractivity contribution in [3.05, 3.63) is 35.4 Å². The predicted octanol–water partition coefficient (Wildman–Crippen LogP) is 2.95. The van der Waals surface area contributed by atoms with Crippen molar-refractivity contribution in [1.82, 2.24) is 0 Å². The Hall–Kier alpha value is 0.340. The minimum atomic E-state index is -3.40. The lowest BCUT2D eigenvalue weighted by Gasteiger charge is -2.26. The zero-order chi connectivity index (χ0) is 13.3. The number of rotatable bonds is 4. The smallest absolute Gasteiger partial charge is 0.207 e. The van der Waals surface area contributed by atoms with E-state index in [4.69, 9.17) is 0 Å². The first-order valence-electron chi connectivity index (χ1n) is 5.07. The first-order valence-corrected chi connectivity index (χ1v) is 8.59. The van der Waals surface area contributed by atoms with E-state index in [9.17, 15) is 13.5 Å². The summed E-state index contributed by atoms with van der Waals surface area (Å²) in [5.41, 5.74) is 1.65. The van der Waals surface area contributed by atoms with E-state index in [0.717, 1.165) is 5.56 Å². The van der Waals surface area contributed by atoms with Crippen LogP contribution in [-0.4, -0.2) is 20.9 Å². The molecule has 96 valence electrons. The lowest BCUT2D eigenvalue weighted by Crippen LogP contribution is -2.33. The van der Waals surface area contributed by atoms with Crippen LogP contribution in [0.4, 0.5) is 0 Å². The Bertz CT molecular complexity index is 482. The molecule has 0 aliphatic heterocycles. The molecule has 0 aromatic heterocycles. The molecule has 0 saturated carbocycles. The second kappa shape index (κ2) is 5.54. The number of hydrogen-bond donors (Lipinski definition) is 1. The van der Waals surface area contributed by atoms with Gasteiger partial charge in [-0.15, -0.1) is 0 Å². The molecule has 0 amide bonds. The maximum atomic E-state index is 11.9. The topological polar surface area (TPSA) is 54.4 Å². The van der Waals surface area contributed by atoms with E-state index in [0.29, 0.717) is 5.56 Å². The van der Waals surface area contributed by atoms with Gasteiger partial charge in [0.2, 0.25) is 1.66 Å². The van der Waals surface area contributed by atoms with Gasteiger partial charge in [-0.3, -0.25) is 0 Å². The SMILES string of the molecule is CCS(=O)(=O)C(Br)(I)C(O)c1ccc(C)cc1. The zero-order valence-corrected chi connectivity index (χ0v) is 14.1. The molecule has 0 spiro atoms. The van der Waals surface area contributed by atoms with Gasteiger partial charge >= 0.3 is 0 Å². The zero-order valence-electron chi connectivity index (χ0n) is 9.52. The molecule has 6 heteroatoms. The molecule has 2 atom stereocenters. The summed E-state index contributed by atoms with van der Waals surface area (Å²) in [4.78, 5) is 0. The van der Waals surface area contributed by atoms with Crippen LogP contribution in [0.2, 0.25) is 0 Å². The summed E-state index contributed by atoms with van der Waals surface area (Å²) in [7, 11) is -3.40. The average molecular weight is 433 g/mol. The van der Waals surface area contributed by atoms with Gasteiger partial charge in [0.25, 0.3) is 0 Å². The maximum absolute atomic E-state index is 11.9. The molecule has 0 radical (unpaired) electrons. The molecular weight excluding hydrogens is 419 g/mol. The molecule has 3 nitrogen and oxygen atoms in total.